The van der Waals surface area contributed by atoms with Gasteiger partial charge < -0.3 is 19.7 Å². The number of likely N-dealkylation sites (tertiary alicyclic amines) is 1. The highest BCUT2D eigenvalue weighted by Crippen LogP contribution is 2.20. The Labute approximate surface area is 115 Å². The van der Waals surface area contributed by atoms with Crippen LogP contribution < -0.4 is 5.32 Å². The van der Waals surface area contributed by atoms with Crippen LogP contribution in [0.5, 0.6) is 0 Å². The summed E-state index contributed by atoms with van der Waals surface area (Å²) in [5.74, 6) is 0. The minimum Gasteiger partial charge on any atom is -0.435 e. The average molecular weight is 271 g/mol. The molecule has 0 aromatic carbocycles. The van der Waals surface area contributed by atoms with E-state index in [1.807, 2.05) is 0 Å². The highest BCUT2D eigenvalue weighted by Gasteiger charge is 2.33. The van der Waals surface area contributed by atoms with E-state index < -0.39 is 6.16 Å². The monoisotopic (exact) mass is 271 g/mol. The normalized spacial score (nSPS) is 27.2. The Hall–Kier alpha value is -0.850. The first-order valence-corrected chi connectivity index (χ1v) is 7.19. The van der Waals surface area contributed by atoms with Crippen LogP contribution in [0.3, 0.4) is 0 Å². The lowest BCUT2D eigenvalue weighted by Gasteiger charge is -2.43. The molecule has 0 spiro atoms. The second-order valence-corrected chi connectivity index (χ2v) is 5.23. The molecule has 1 N–H and O–H groups in total. The van der Waals surface area contributed by atoms with Crippen LogP contribution in [-0.2, 0) is 9.47 Å². The zero-order chi connectivity index (χ0) is 13.7. The number of carbonyl (C=O) groups excluding carboxylic acids is 1. The smallest absolute Gasteiger partial charge is 0.435 e. The van der Waals surface area contributed by atoms with Gasteiger partial charge >= 0.3 is 6.16 Å². The van der Waals surface area contributed by atoms with Gasteiger partial charge in [0, 0.05) is 25.7 Å². The number of ether oxygens (including phenoxy) is 2. The minimum absolute atomic E-state index is 0.193. The fourth-order valence-electron chi connectivity index (χ4n) is 2.81. The lowest BCUT2D eigenvalue weighted by molar-refractivity contribution is -0.0816. The number of rotatable bonds is 3. The van der Waals surface area contributed by atoms with E-state index in [1.165, 1.54) is 0 Å². The number of piperidine rings is 1. The van der Waals surface area contributed by atoms with Crippen LogP contribution in [0.1, 0.15) is 19.8 Å². The van der Waals surface area contributed by atoms with Crippen molar-refractivity contribution in [1.82, 2.24) is 15.1 Å². The Morgan fingerprint density at radius 2 is 2.05 bits per heavy atom. The Kier molecular flexibility index (Phi) is 5.42. The summed E-state index contributed by atoms with van der Waals surface area (Å²) in [6.45, 7) is 6.93. The van der Waals surface area contributed by atoms with Gasteiger partial charge in [0.15, 0.2) is 6.23 Å². The zero-order valence-electron chi connectivity index (χ0n) is 11.9. The molecule has 0 aromatic heterocycles. The summed E-state index contributed by atoms with van der Waals surface area (Å²) in [6.07, 6.45) is 1.52. The number of hydrogen-bond donors (Lipinski definition) is 1. The van der Waals surface area contributed by atoms with Crippen LogP contribution in [0.25, 0.3) is 0 Å². The molecule has 0 aromatic rings. The summed E-state index contributed by atoms with van der Waals surface area (Å²) in [5.41, 5.74) is 0. The highest BCUT2D eigenvalue weighted by atomic mass is 16.7. The minimum atomic E-state index is -0.561. The molecule has 19 heavy (non-hydrogen) atoms. The van der Waals surface area contributed by atoms with Crippen molar-refractivity contribution in [2.45, 2.75) is 32.0 Å². The molecule has 2 saturated heterocycles. The second kappa shape index (κ2) is 7.07. The van der Waals surface area contributed by atoms with Crippen LogP contribution in [0.15, 0.2) is 0 Å². The second-order valence-electron chi connectivity index (χ2n) is 5.23. The number of nitrogens with one attached hydrogen (secondary N) is 1. The van der Waals surface area contributed by atoms with Crippen LogP contribution in [0, 0.1) is 0 Å². The third kappa shape index (κ3) is 4.06. The number of carbonyl (C=O) groups is 1. The number of hydrogen-bond acceptors (Lipinski definition) is 6. The van der Waals surface area contributed by atoms with Crippen molar-refractivity contribution in [3.05, 3.63) is 0 Å². The largest absolute Gasteiger partial charge is 0.509 e. The molecule has 0 unspecified atom stereocenters. The van der Waals surface area contributed by atoms with Gasteiger partial charge in [0.05, 0.1) is 6.61 Å². The summed E-state index contributed by atoms with van der Waals surface area (Å²) in [6, 6.07) is 0.512. The van der Waals surface area contributed by atoms with Gasteiger partial charge in [-0.1, -0.05) is 0 Å². The van der Waals surface area contributed by atoms with E-state index >= 15 is 0 Å². The SMILES string of the molecule is CCOC(=O)O[C@H]1CNCCN1C1CCN(C)CC1. The van der Waals surface area contributed by atoms with E-state index in [4.69, 9.17) is 9.47 Å². The van der Waals surface area contributed by atoms with Crippen molar-refractivity contribution in [3.8, 4) is 0 Å². The molecule has 0 aliphatic carbocycles. The summed E-state index contributed by atoms with van der Waals surface area (Å²) in [7, 11) is 2.15. The Balaban J connectivity index is 1.90. The molecule has 0 amide bonds. The van der Waals surface area contributed by atoms with Crippen LogP contribution in [0.2, 0.25) is 0 Å². The molecule has 2 rings (SSSR count). The molecule has 2 fully saturated rings. The predicted molar refractivity (Wildman–Crippen MR) is 72.0 cm³/mol. The molecule has 0 radical (unpaired) electrons. The van der Waals surface area contributed by atoms with Gasteiger partial charge in [0.1, 0.15) is 0 Å². The third-order valence-corrected chi connectivity index (χ3v) is 3.89. The van der Waals surface area contributed by atoms with E-state index in [-0.39, 0.29) is 6.23 Å². The molecule has 0 saturated carbocycles. The first-order valence-electron chi connectivity index (χ1n) is 7.19. The standard InChI is InChI=1S/C13H25N3O3/c1-3-18-13(17)19-12-10-14-6-9-16(12)11-4-7-15(2)8-5-11/h11-12,14H,3-10H2,1-2H3/t12-/m0/s1. The predicted octanol–water partition coefficient (Wildman–Crippen LogP) is 0.485. The van der Waals surface area contributed by atoms with Crippen molar-refractivity contribution in [1.29, 1.82) is 0 Å². The molecule has 2 aliphatic rings. The van der Waals surface area contributed by atoms with Crippen molar-refractivity contribution in [2.75, 3.05) is 46.4 Å². The first-order chi connectivity index (χ1) is 9.20. The van der Waals surface area contributed by atoms with E-state index in [1.54, 1.807) is 6.92 Å². The number of nitrogens with zero attached hydrogens (tertiary/aromatic N) is 2. The van der Waals surface area contributed by atoms with Crippen molar-refractivity contribution in [2.24, 2.45) is 0 Å². The van der Waals surface area contributed by atoms with Gasteiger partial charge in [-0.3, -0.25) is 4.90 Å². The molecule has 1 atom stereocenters. The van der Waals surface area contributed by atoms with Crippen LogP contribution in [-0.4, -0.2) is 74.6 Å². The van der Waals surface area contributed by atoms with E-state index in [0.717, 1.165) is 39.0 Å². The Bertz CT molecular complexity index is 293. The number of piperazine rings is 1. The summed E-state index contributed by atoms with van der Waals surface area (Å²) in [4.78, 5) is 16.2. The van der Waals surface area contributed by atoms with E-state index in [2.05, 4.69) is 22.2 Å². The lowest BCUT2D eigenvalue weighted by Crippen LogP contribution is -2.58. The third-order valence-electron chi connectivity index (χ3n) is 3.89. The van der Waals surface area contributed by atoms with Crippen LogP contribution in [0.4, 0.5) is 4.79 Å². The Morgan fingerprint density at radius 3 is 2.74 bits per heavy atom. The van der Waals surface area contributed by atoms with Crippen molar-refractivity contribution < 1.29 is 14.3 Å². The fraction of sp³-hybridized carbons (Fsp3) is 0.923. The van der Waals surface area contributed by atoms with Gasteiger partial charge in [-0.05, 0) is 39.9 Å². The van der Waals surface area contributed by atoms with Gasteiger partial charge in [0.2, 0.25) is 0 Å². The summed E-state index contributed by atoms with van der Waals surface area (Å²) in [5, 5.41) is 3.28. The van der Waals surface area contributed by atoms with E-state index in [0.29, 0.717) is 19.2 Å². The molecular weight excluding hydrogens is 246 g/mol. The summed E-state index contributed by atoms with van der Waals surface area (Å²) < 4.78 is 10.3. The van der Waals surface area contributed by atoms with Gasteiger partial charge in [0.25, 0.3) is 0 Å². The molecule has 6 nitrogen and oxygen atoms in total. The molecule has 6 heteroatoms. The maximum atomic E-state index is 11.5. The topological polar surface area (TPSA) is 54.0 Å². The maximum absolute atomic E-state index is 11.5. The fourth-order valence-corrected chi connectivity index (χ4v) is 2.81. The first kappa shape index (κ1) is 14.6. The summed E-state index contributed by atoms with van der Waals surface area (Å²) >= 11 is 0. The zero-order valence-corrected chi connectivity index (χ0v) is 11.9. The van der Waals surface area contributed by atoms with Gasteiger partial charge in [-0.15, -0.1) is 0 Å². The molecule has 110 valence electrons. The van der Waals surface area contributed by atoms with E-state index in [9.17, 15) is 4.79 Å². The van der Waals surface area contributed by atoms with Gasteiger partial charge in [-0.25, -0.2) is 4.79 Å². The maximum Gasteiger partial charge on any atom is 0.509 e. The lowest BCUT2D eigenvalue weighted by atomic mass is 10.0. The Morgan fingerprint density at radius 1 is 1.32 bits per heavy atom. The molecule has 2 heterocycles. The van der Waals surface area contributed by atoms with Gasteiger partial charge in [-0.2, -0.15) is 0 Å². The van der Waals surface area contributed by atoms with Crippen molar-refractivity contribution >= 4 is 6.16 Å². The molecule has 2 aliphatic heterocycles. The van der Waals surface area contributed by atoms with Crippen molar-refractivity contribution in [3.63, 3.8) is 0 Å². The highest BCUT2D eigenvalue weighted by molar-refractivity contribution is 5.60. The molecular formula is C13H25N3O3. The van der Waals surface area contributed by atoms with Crippen LogP contribution >= 0.6 is 0 Å². The average Bonchev–Trinajstić information content (AvgIpc) is 2.41. The quantitative estimate of drug-likeness (QED) is 0.754. The molecule has 0 bridgehead atoms.